The van der Waals surface area contributed by atoms with Gasteiger partial charge in [-0.1, -0.05) is 25.0 Å². The van der Waals surface area contributed by atoms with Gasteiger partial charge >= 0.3 is 0 Å². The number of hydrogen-bond donors (Lipinski definition) is 1. The Labute approximate surface area is 94.1 Å². The van der Waals surface area contributed by atoms with Gasteiger partial charge in [-0.15, -0.1) is 0 Å². The lowest BCUT2D eigenvalue weighted by Gasteiger charge is -2.30. The van der Waals surface area contributed by atoms with Crippen molar-refractivity contribution in [3.05, 3.63) is 35.4 Å². The molecule has 88 valence electrons. The van der Waals surface area contributed by atoms with Crippen molar-refractivity contribution in [3.8, 4) is 0 Å². The molecule has 1 atom stereocenters. The monoisotopic (exact) mass is 226 g/mol. The molecule has 16 heavy (non-hydrogen) atoms. The van der Waals surface area contributed by atoms with Gasteiger partial charge in [-0.2, -0.15) is 0 Å². The van der Waals surface area contributed by atoms with Gasteiger partial charge in [0.2, 0.25) is 0 Å². The van der Waals surface area contributed by atoms with Crippen LogP contribution in [0.3, 0.4) is 0 Å². The standard InChI is InChI=1S/C13H16F2O/c1-13(16,9-5-2-3-6-9)10-7-4-8-11(14)12(10)15/h4,7-9,16H,2-3,5-6H2,1H3. The highest BCUT2D eigenvalue weighted by molar-refractivity contribution is 5.25. The first-order chi connectivity index (χ1) is 7.53. The smallest absolute Gasteiger partial charge is 0.164 e. The summed E-state index contributed by atoms with van der Waals surface area (Å²) in [5.74, 6) is -1.78. The quantitative estimate of drug-likeness (QED) is 0.819. The average molecular weight is 226 g/mol. The first kappa shape index (κ1) is 11.5. The van der Waals surface area contributed by atoms with Crippen molar-refractivity contribution in [3.63, 3.8) is 0 Å². The molecule has 0 saturated heterocycles. The van der Waals surface area contributed by atoms with Crippen molar-refractivity contribution in [1.82, 2.24) is 0 Å². The summed E-state index contributed by atoms with van der Waals surface area (Å²) in [5, 5.41) is 10.4. The summed E-state index contributed by atoms with van der Waals surface area (Å²) >= 11 is 0. The highest BCUT2D eigenvalue weighted by atomic mass is 19.2. The number of rotatable bonds is 2. The van der Waals surface area contributed by atoms with Crippen LogP contribution < -0.4 is 0 Å². The molecule has 0 radical (unpaired) electrons. The first-order valence-electron chi connectivity index (χ1n) is 5.70. The molecule has 3 heteroatoms. The molecule has 1 nitrogen and oxygen atoms in total. The highest BCUT2D eigenvalue weighted by Gasteiger charge is 2.37. The minimum absolute atomic E-state index is 0.0313. The molecule has 0 spiro atoms. The zero-order chi connectivity index (χ0) is 11.8. The van der Waals surface area contributed by atoms with Crippen LogP contribution >= 0.6 is 0 Å². The molecular weight excluding hydrogens is 210 g/mol. The second-order valence-electron chi connectivity index (χ2n) is 4.73. The molecule has 0 bridgehead atoms. The Morgan fingerprint density at radius 2 is 1.88 bits per heavy atom. The van der Waals surface area contributed by atoms with E-state index in [-0.39, 0.29) is 11.5 Å². The number of halogens is 2. The van der Waals surface area contributed by atoms with Gasteiger partial charge in [0, 0.05) is 5.56 Å². The van der Waals surface area contributed by atoms with E-state index in [0.29, 0.717) is 0 Å². The van der Waals surface area contributed by atoms with E-state index in [9.17, 15) is 13.9 Å². The van der Waals surface area contributed by atoms with Crippen molar-refractivity contribution in [2.75, 3.05) is 0 Å². The van der Waals surface area contributed by atoms with Gasteiger partial charge in [-0.05, 0) is 31.7 Å². The molecule has 0 amide bonds. The summed E-state index contributed by atoms with van der Waals surface area (Å²) in [6.07, 6.45) is 3.86. The van der Waals surface area contributed by atoms with Gasteiger partial charge in [0.05, 0.1) is 5.60 Å². The van der Waals surface area contributed by atoms with E-state index in [4.69, 9.17) is 0 Å². The average Bonchev–Trinajstić information content (AvgIpc) is 2.75. The number of hydrogen-bond acceptors (Lipinski definition) is 1. The van der Waals surface area contributed by atoms with Crippen molar-refractivity contribution in [1.29, 1.82) is 0 Å². The number of benzene rings is 1. The SMILES string of the molecule is CC(O)(c1cccc(F)c1F)C1CCCC1. The topological polar surface area (TPSA) is 20.2 Å². The molecule has 1 aliphatic rings. The molecule has 1 saturated carbocycles. The van der Waals surface area contributed by atoms with Crippen LogP contribution in [0, 0.1) is 17.6 Å². The van der Waals surface area contributed by atoms with E-state index >= 15 is 0 Å². The Morgan fingerprint density at radius 1 is 1.25 bits per heavy atom. The molecule has 2 rings (SSSR count). The van der Waals surface area contributed by atoms with Gasteiger partial charge in [-0.25, -0.2) is 8.78 Å². The van der Waals surface area contributed by atoms with E-state index in [2.05, 4.69) is 0 Å². The Bertz CT molecular complexity index is 382. The van der Waals surface area contributed by atoms with Crippen LogP contribution in [0.2, 0.25) is 0 Å². The third-order valence-electron chi connectivity index (χ3n) is 3.65. The second kappa shape index (κ2) is 4.13. The fourth-order valence-electron chi connectivity index (χ4n) is 2.60. The molecule has 1 aromatic rings. The van der Waals surface area contributed by atoms with Crippen molar-refractivity contribution < 1.29 is 13.9 Å². The zero-order valence-electron chi connectivity index (χ0n) is 9.34. The van der Waals surface area contributed by atoms with E-state index in [1.165, 1.54) is 12.1 Å². The van der Waals surface area contributed by atoms with Gasteiger partial charge < -0.3 is 5.11 Å². The minimum atomic E-state index is -1.26. The summed E-state index contributed by atoms with van der Waals surface area (Å²) in [5.41, 5.74) is -1.18. The molecular formula is C13H16F2O. The van der Waals surface area contributed by atoms with Crippen LogP contribution in [0.1, 0.15) is 38.2 Å². The number of aliphatic hydroxyl groups is 1. The molecule has 1 aromatic carbocycles. The predicted molar refractivity (Wildman–Crippen MR) is 57.9 cm³/mol. The summed E-state index contributed by atoms with van der Waals surface area (Å²) in [6, 6.07) is 3.98. The Hall–Kier alpha value is -0.960. The fraction of sp³-hybridized carbons (Fsp3) is 0.538. The molecule has 1 unspecified atom stereocenters. The Kier molecular flexibility index (Phi) is 2.98. The normalized spacial score (nSPS) is 21.0. The maximum absolute atomic E-state index is 13.6. The summed E-state index contributed by atoms with van der Waals surface area (Å²) in [7, 11) is 0. The lowest BCUT2D eigenvalue weighted by atomic mass is 9.81. The molecule has 0 heterocycles. The van der Waals surface area contributed by atoms with Gasteiger partial charge in [0.15, 0.2) is 11.6 Å². The van der Waals surface area contributed by atoms with Crippen molar-refractivity contribution in [2.24, 2.45) is 5.92 Å². The Balaban J connectivity index is 2.38. The van der Waals surface area contributed by atoms with Crippen molar-refractivity contribution in [2.45, 2.75) is 38.2 Å². The summed E-state index contributed by atoms with van der Waals surface area (Å²) in [6.45, 7) is 1.58. The van der Waals surface area contributed by atoms with Crippen LogP contribution in [0.25, 0.3) is 0 Å². The molecule has 0 aromatic heterocycles. The highest BCUT2D eigenvalue weighted by Crippen LogP contribution is 2.41. The summed E-state index contributed by atoms with van der Waals surface area (Å²) in [4.78, 5) is 0. The Morgan fingerprint density at radius 3 is 2.50 bits per heavy atom. The van der Waals surface area contributed by atoms with Crippen LogP contribution in [0.4, 0.5) is 8.78 Å². The first-order valence-corrected chi connectivity index (χ1v) is 5.70. The van der Waals surface area contributed by atoms with E-state index in [1.807, 2.05) is 0 Å². The van der Waals surface area contributed by atoms with Crippen LogP contribution in [0.15, 0.2) is 18.2 Å². The maximum Gasteiger partial charge on any atom is 0.164 e. The lowest BCUT2D eigenvalue weighted by molar-refractivity contribution is -0.00698. The van der Waals surface area contributed by atoms with Crippen LogP contribution in [0.5, 0.6) is 0 Å². The van der Waals surface area contributed by atoms with E-state index in [0.717, 1.165) is 31.7 Å². The third kappa shape index (κ3) is 1.84. The van der Waals surface area contributed by atoms with E-state index < -0.39 is 17.2 Å². The molecule has 0 aliphatic heterocycles. The lowest BCUT2D eigenvalue weighted by Crippen LogP contribution is -2.31. The fourth-order valence-corrected chi connectivity index (χ4v) is 2.60. The van der Waals surface area contributed by atoms with Gasteiger partial charge in [0.1, 0.15) is 0 Å². The maximum atomic E-state index is 13.6. The largest absolute Gasteiger partial charge is 0.385 e. The molecule has 1 N–H and O–H groups in total. The van der Waals surface area contributed by atoms with Crippen LogP contribution in [-0.2, 0) is 5.60 Å². The summed E-state index contributed by atoms with van der Waals surface area (Å²) < 4.78 is 26.7. The molecule has 1 aliphatic carbocycles. The predicted octanol–water partition coefficient (Wildman–Crippen LogP) is 3.36. The van der Waals surface area contributed by atoms with Crippen molar-refractivity contribution >= 4 is 0 Å². The van der Waals surface area contributed by atoms with Gasteiger partial charge in [-0.3, -0.25) is 0 Å². The zero-order valence-corrected chi connectivity index (χ0v) is 9.34. The van der Waals surface area contributed by atoms with E-state index in [1.54, 1.807) is 6.92 Å². The second-order valence-corrected chi connectivity index (χ2v) is 4.73. The minimum Gasteiger partial charge on any atom is -0.385 e. The van der Waals surface area contributed by atoms with Gasteiger partial charge in [0.25, 0.3) is 0 Å². The molecule has 1 fully saturated rings. The third-order valence-corrected chi connectivity index (χ3v) is 3.65. The van der Waals surface area contributed by atoms with Crippen LogP contribution in [-0.4, -0.2) is 5.11 Å².